The predicted octanol–water partition coefficient (Wildman–Crippen LogP) is -0.221. The number of aromatic hydroxyl groups is 1. The third-order valence-corrected chi connectivity index (χ3v) is 6.27. The Hall–Kier alpha value is -4.72. The van der Waals surface area contributed by atoms with Crippen LogP contribution in [0.4, 0.5) is 0 Å². The number of aliphatic carboxylic acids is 1. The fourth-order valence-electron chi connectivity index (χ4n) is 4.15. The van der Waals surface area contributed by atoms with E-state index in [2.05, 4.69) is 35.9 Å². The lowest BCUT2D eigenvalue weighted by Gasteiger charge is -2.26. The summed E-state index contributed by atoms with van der Waals surface area (Å²) >= 11 is 0. The van der Waals surface area contributed by atoms with Crippen molar-refractivity contribution >= 4 is 23.7 Å². The minimum Gasteiger partial charge on any atom is -0.508 e. The Kier molecular flexibility index (Phi) is 11.0. The highest BCUT2D eigenvalue weighted by Crippen LogP contribution is 2.12. The number of nitrogens with two attached hydrogens (primary N) is 1. The Bertz CT molecular complexity index is 1280. The molecule has 220 valence electrons. The molecule has 0 aliphatic rings. The van der Waals surface area contributed by atoms with E-state index >= 15 is 0 Å². The number of carboxylic acids is 1. The van der Waals surface area contributed by atoms with Crippen molar-refractivity contribution in [2.45, 2.75) is 63.7 Å². The molecule has 0 fully saturated rings. The first-order chi connectivity index (χ1) is 19.5. The molecule has 0 bridgehead atoms. The van der Waals surface area contributed by atoms with Crippen molar-refractivity contribution in [2.24, 2.45) is 11.7 Å². The maximum Gasteiger partial charge on any atom is 0.326 e. The van der Waals surface area contributed by atoms with Gasteiger partial charge >= 0.3 is 5.97 Å². The highest BCUT2D eigenvalue weighted by atomic mass is 16.4. The zero-order valence-electron chi connectivity index (χ0n) is 22.8. The van der Waals surface area contributed by atoms with Gasteiger partial charge in [-0.2, -0.15) is 0 Å². The van der Waals surface area contributed by atoms with Crippen LogP contribution in [0.5, 0.6) is 5.75 Å². The monoisotopic (exact) mass is 568 g/mol. The second-order valence-corrected chi connectivity index (χ2v) is 10.2. The van der Waals surface area contributed by atoms with Crippen molar-refractivity contribution < 1.29 is 29.4 Å². The minimum atomic E-state index is -1.28. The van der Waals surface area contributed by atoms with Crippen LogP contribution in [-0.2, 0) is 38.4 Å². The topological polar surface area (TPSA) is 228 Å². The number of carboxylic acid groups (broad SMARTS) is 1. The van der Waals surface area contributed by atoms with E-state index in [0.717, 1.165) is 5.56 Å². The fourth-order valence-corrected chi connectivity index (χ4v) is 4.15. The number of aromatic amines is 2. The molecule has 41 heavy (non-hydrogen) atoms. The standard InChI is InChI=1S/C27H36N8O6/c1-15(2)7-21(33-24(37)20(28)8-16-3-5-19(36)6-4-16)25(38)34-22(9-17-11-29-13-31-17)26(39)35-23(27(40)41)10-18-12-30-14-32-18/h3-6,11-15,20-23,36H,7-10,28H2,1-2H3,(H,29,31)(H,30,32)(H,33,37)(H,34,38)(H,35,39)(H,40,41). The lowest BCUT2D eigenvalue weighted by atomic mass is 10.0. The lowest BCUT2D eigenvalue weighted by molar-refractivity contribution is -0.142. The number of phenols is 1. The molecule has 0 saturated carbocycles. The van der Waals surface area contributed by atoms with Gasteiger partial charge in [-0.25, -0.2) is 14.8 Å². The molecule has 2 aromatic heterocycles. The number of phenolic OH excluding ortho intramolecular Hbond substituents is 1. The van der Waals surface area contributed by atoms with Crippen LogP contribution in [0.25, 0.3) is 0 Å². The normalized spacial score (nSPS) is 14.0. The molecule has 0 saturated heterocycles. The average molecular weight is 569 g/mol. The second-order valence-electron chi connectivity index (χ2n) is 10.2. The Morgan fingerprint density at radius 1 is 0.805 bits per heavy atom. The van der Waals surface area contributed by atoms with Crippen molar-refractivity contribution in [2.75, 3.05) is 0 Å². The number of carbonyl (C=O) groups is 4. The second kappa shape index (κ2) is 14.6. The van der Waals surface area contributed by atoms with Gasteiger partial charge in [-0.05, 0) is 36.5 Å². The fraction of sp³-hybridized carbons (Fsp3) is 0.407. The van der Waals surface area contributed by atoms with Gasteiger partial charge in [-0.1, -0.05) is 26.0 Å². The van der Waals surface area contributed by atoms with Gasteiger partial charge in [0.1, 0.15) is 23.9 Å². The van der Waals surface area contributed by atoms with Crippen molar-refractivity contribution in [1.29, 1.82) is 0 Å². The molecule has 14 heteroatoms. The summed E-state index contributed by atoms with van der Waals surface area (Å²) in [4.78, 5) is 65.0. The van der Waals surface area contributed by atoms with E-state index in [0.29, 0.717) is 11.4 Å². The van der Waals surface area contributed by atoms with E-state index in [1.165, 1.54) is 37.2 Å². The molecule has 4 unspecified atom stereocenters. The van der Waals surface area contributed by atoms with Crippen LogP contribution < -0.4 is 21.7 Å². The molecular weight excluding hydrogens is 532 g/mol. The van der Waals surface area contributed by atoms with Crippen LogP contribution in [0, 0.1) is 5.92 Å². The van der Waals surface area contributed by atoms with E-state index < -0.39 is 47.9 Å². The summed E-state index contributed by atoms with van der Waals surface area (Å²) in [7, 11) is 0. The zero-order valence-corrected chi connectivity index (χ0v) is 22.8. The molecule has 2 heterocycles. The number of amides is 3. The Balaban J connectivity index is 1.72. The molecule has 9 N–H and O–H groups in total. The summed E-state index contributed by atoms with van der Waals surface area (Å²) in [6, 6.07) is 1.84. The Morgan fingerprint density at radius 3 is 1.83 bits per heavy atom. The van der Waals surface area contributed by atoms with Gasteiger partial charge in [0.25, 0.3) is 0 Å². The summed E-state index contributed by atoms with van der Waals surface area (Å²) in [5.74, 6) is -3.07. The smallest absolute Gasteiger partial charge is 0.326 e. The van der Waals surface area contributed by atoms with Crippen LogP contribution in [-0.4, -0.2) is 78.0 Å². The van der Waals surface area contributed by atoms with Gasteiger partial charge in [0.15, 0.2) is 0 Å². The van der Waals surface area contributed by atoms with E-state index in [1.807, 2.05) is 13.8 Å². The number of hydrogen-bond acceptors (Lipinski definition) is 8. The molecule has 0 aliphatic carbocycles. The first-order valence-corrected chi connectivity index (χ1v) is 13.1. The summed E-state index contributed by atoms with van der Waals surface area (Å²) in [6.07, 6.45) is 6.16. The summed E-state index contributed by atoms with van der Waals surface area (Å²) in [5, 5.41) is 27.0. The first-order valence-electron chi connectivity index (χ1n) is 13.1. The zero-order chi connectivity index (χ0) is 29.9. The first kappa shape index (κ1) is 30.8. The number of nitrogens with one attached hydrogen (secondary N) is 5. The molecule has 0 spiro atoms. The van der Waals surface area contributed by atoms with Crippen molar-refractivity contribution in [3.8, 4) is 5.75 Å². The van der Waals surface area contributed by atoms with Gasteiger partial charge in [-0.15, -0.1) is 0 Å². The molecule has 4 atom stereocenters. The third-order valence-electron chi connectivity index (χ3n) is 6.27. The number of hydrogen-bond donors (Lipinski definition) is 8. The van der Waals surface area contributed by atoms with Crippen LogP contribution in [0.2, 0.25) is 0 Å². The van der Waals surface area contributed by atoms with Gasteiger partial charge in [0.05, 0.1) is 18.7 Å². The molecule has 14 nitrogen and oxygen atoms in total. The minimum absolute atomic E-state index is 0.00329. The number of imidazole rings is 2. The van der Waals surface area contributed by atoms with Crippen molar-refractivity contribution in [1.82, 2.24) is 35.9 Å². The molecule has 3 aromatic rings. The maximum absolute atomic E-state index is 13.4. The molecule has 0 radical (unpaired) electrons. The van der Waals surface area contributed by atoms with Crippen molar-refractivity contribution in [3.05, 3.63) is 66.3 Å². The van der Waals surface area contributed by atoms with Gasteiger partial charge in [-0.3, -0.25) is 14.4 Å². The van der Waals surface area contributed by atoms with Gasteiger partial charge in [0.2, 0.25) is 17.7 Å². The van der Waals surface area contributed by atoms with Gasteiger partial charge < -0.3 is 41.9 Å². The van der Waals surface area contributed by atoms with E-state index in [-0.39, 0.29) is 37.4 Å². The number of aromatic nitrogens is 4. The molecule has 1 aromatic carbocycles. The van der Waals surface area contributed by atoms with E-state index in [1.54, 1.807) is 12.1 Å². The summed E-state index contributed by atoms with van der Waals surface area (Å²) < 4.78 is 0. The van der Waals surface area contributed by atoms with Crippen LogP contribution in [0.1, 0.15) is 37.2 Å². The highest BCUT2D eigenvalue weighted by Gasteiger charge is 2.31. The third kappa shape index (κ3) is 9.76. The molecule has 3 amide bonds. The van der Waals surface area contributed by atoms with Crippen LogP contribution in [0.15, 0.2) is 49.3 Å². The summed E-state index contributed by atoms with van der Waals surface area (Å²) in [6.45, 7) is 3.76. The van der Waals surface area contributed by atoms with Gasteiger partial charge in [0, 0.05) is 36.6 Å². The van der Waals surface area contributed by atoms with Crippen LogP contribution in [0.3, 0.4) is 0 Å². The Labute approximate surface area is 236 Å². The van der Waals surface area contributed by atoms with Crippen molar-refractivity contribution in [3.63, 3.8) is 0 Å². The molecular formula is C27H36N8O6. The average Bonchev–Trinajstić information content (AvgIpc) is 3.63. The molecule has 3 rings (SSSR count). The predicted molar refractivity (Wildman–Crippen MR) is 147 cm³/mol. The molecule has 0 aliphatic heterocycles. The lowest BCUT2D eigenvalue weighted by Crippen LogP contribution is -2.58. The number of rotatable bonds is 15. The van der Waals surface area contributed by atoms with E-state index in [4.69, 9.17) is 5.73 Å². The number of carbonyl (C=O) groups excluding carboxylic acids is 3. The van der Waals surface area contributed by atoms with E-state index in [9.17, 15) is 29.4 Å². The largest absolute Gasteiger partial charge is 0.508 e. The number of H-pyrrole nitrogens is 2. The highest BCUT2D eigenvalue weighted by molar-refractivity contribution is 5.94. The Morgan fingerprint density at radius 2 is 1.32 bits per heavy atom. The number of benzene rings is 1. The quantitative estimate of drug-likeness (QED) is 0.121. The number of nitrogens with zero attached hydrogens (tertiary/aromatic N) is 2. The van der Waals surface area contributed by atoms with Crippen LogP contribution >= 0.6 is 0 Å². The summed E-state index contributed by atoms with van der Waals surface area (Å²) in [5.41, 5.74) is 7.88. The maximum atomic E-state index is 13.4. The SMILES string of the molecule is CC(C)CC(NC(=O)C(N)Cc1ccc(O)cc1)C(=O)NC(Cc1cnc[nH]1)C(=O)NC(Cc1cnc[nH]1)C(=O)O.